The van der Waals surface area contributed by atoms with Crippen LogP contribution < -0.4 is 11.5 Å². The van der Waals surface area contributed by atoms with Crippen molar-refractivity contribution in [2.45, 2.75) is 6.04 Å². The molecule has 5 heteroatoms. The number of carboxylic acid groups (broad SMARTS) is 1. The average molecular weight is 167 g/mol. The molecule has 0 aliphatic carbocycles. The fourth-order valence-corrected chi connectivity index (χ4v) is 0.789. The summed E-state index contributed by atoms with van der Waals surface area (Å²) in [6.07, 6.45) is 2.81. The molecule has 1 aromatic rings. The molecule has 0 aliphatic rings. The molecule has 5 N–H and O–H groups in total. The molecule has 1 aromatic heterocycles. The van der Waals surface area contributed by atoms with Crippen molar-refractivity contribution in [3.05, 3.63) is 24.0 Å². The molecule has 5 nitrogen and oxygen atoms in total. The molecule has 1 unspecified atom stereocenters. The maximum absolute atomic E-state index is 10.4. The Kier molecular flexibility index (Phi) is 2.25. The molecular formula is C7H9N3O2. The number of hydrogen-bond donors (Lipinski definition) is 3. The number of nitrogen functional groups attached to an aromatic ring is 1. The van der Waals surface area contributed by atoms with Crippen LogP contribution in [0.5, 0.6) is 0 Å². The maximum Gasteiger partial charge on any atom is 0.325 e. The number of nitrogens with zero attached hydrogens (tertiary/aromatic N) is 1. The van der Waals surface area contributed by atoms with E-state index in [1.54, 1.807) is 0 Å². The van der Waals surface area contributed by atoms with E-state index in [1.165, 1.54) is 18.5 Å². The number of carboxylic acids is 1. The van der Waals surface area contributed by atoms with Crippen LogP contribution in [0.15, 0.2) is 18.5 Å². The van der Waals surface area contributed by atoms with E-state index in [1.807, 2.05) is 0 Å². The van der Waals surface area contributed by atoms with Gasteiger partial charge in [0, 0.05) is 18.0 Å². The number of carbonyl (C=O) groups is 1. The maximum atomic E-state index is 10.4. The molecule has 0 aliphatic heterocycles. The molecule has 0 spiro atoms. The minimum absolute atomic E-state index is 0.405. The molecule has 0 aromatic carbocycles. The lowest BCUT2D eigenvalue weighted by molar-refractivity contribution is -0.138. The number of rotatable bonds is 2. The Morgan fingerprint density at radius 1 is 1.58 bits per heavy atom. The number of nitrogens with two attached hydrogens (primary N) is 2. The Bertz CT molecular complexity index is 300. The summed E-state index contributed by atoms with van der Waals surface area (Å²) in [5.74, 6) is -1.09. The van der Waals surface area contributed by atoms with Crippen molar-refractivity contribution in [3.8, 4) is 0 Å². The van der Waals surface area contributed by atoms with Crippen LogP contribution in [0, 0.1) is 0 Å². The van der Waals surface area contributed by atoms with Gasteiger partial charge in [-0.15, -0.1) is 0 Å². The molecule has 0 amide bonds. The lowest BCUT2D eigenvalue weighted by Gasteiger charge is -2.05. The summed E-state index contributed by atoms with van der Waals surface area (Å²) in [7, 11) is 0. The fraction of sp³-hybridized carbons (Fsp3) is 0.143. The SMILES string of the molecule is Nc1cncc(C(N)C(=O)O)c1. The summed E-state index contributed by atoms with van der Waals surface area (Å²) in [5.41, 5.74) is 11.5. The van der Waals surface area contributed by atoms with Crippen molar-refractivity contribution in [2.75, 3.05) is 5.73 Å². The normalized spacial score (nSPS) is 12.4. The van der Waals surface area contributed by atoms with Gasteiger partial charge in [0.1, 0.15) is 6.04 Å². The van der Waals surface area contributed by atoms with Crippen LogP contribution in [0.3, 0.4) is 0 Å². The van der Waals surface area contributed by atoms with E-state index in [9.17, 15) is 4.79 Å². The average Bonchev–Trinajstić information content (AvgIpc) is 2.03. The number of hydrogen-bond acceptors (Lipinski definition) is 4. The zero-order valence-electron chi connectivity index (χ0n) is 6.27. The molecule has 1 rings (SSSR count). The van der Waals surface area contributed by atoms with E-state index in [2.05, 4.69) is 4.98 Å². The van der Waals surface area contributed by atoms with Crippen molar-refractivity contribution in [1.29, 1.82) is 0 Å². The number of pyridine rings is 1. The van der Waals surface area contributed by atoms with Gasteiger partial charge >= 0.3 is 5.97 Å². The Morgan fingerprint density at radius 2 is 2.25 bits per heavy atom. The molecular weight excluding hydrogens is 158 g/mol. The minimum Gasteiger partial charge on any atom is -0.480 e. The molecule has 0 fully saturated rings. The van der Waals surface area contributed by atoms with Gasteiger partial charge in [0.2, 0.25) is 0 Å². The third kappa shape index (κ3) is 1.70. The predicted octanol–water partition coefficient (Wildman–Crippen LogP) is -0.252. The van der Waals surface area contributed by atoms with Crippen molar-refractivity contribution >= 4 is 11.7 Å². The molecule has 0 saturated heterocycles. The first-order chi connectivity index (χ1) is 5.61. The summed E-state index contributed by atoms with van der Waals surface area (Å²) in [4.78, 5) is 14.1. The summed E-state index contributed by atoms with van der Waals surface area (Å²) >= 11 is 0. The minimum atomic E-state index is -1.09. The van der Waals surface area contributed by atoms with Gasteiger partial charge in [0.05, 0.1) is 5.69 Å². The van der Waals surface area contributed by atoms with E-state index in [4.69, 9.17) is 16.6 Å². The highest BCUT2D eigenvalue weighted by atomic mass is 16.4. The smallest absolute Gasteiger partial charge is 0.325 e. The molecule has 0 bridgehead atoms. The molecule has 1 atom stereocenters. The van der Waals surface area contributed by atoms with E-state index in [0.29, 0.717) is 11.3 Å². The lowest BCUT2D eigenvalue weighted by Crippen LogP contribution is -2.20. The van der Waals surface area contributed by atoms with Crippen LogP contribution >= 0.6 is 0 Å². The first-order valence-electron chi connectivity index (χ1n) is 3.30. The first kappa shape index (κ1) is 8.48. The van der Waals surface area contributed by atoms with Crippen molar-refractivity contribution in [3.63, 3.8) is 0 Å². The number of aliphatic carboxylic acids is 1. The topological polar surface area (TPSA) is 102 Å². The predicted molar refractivity (Wildman–Crippen MR) is 43.2 cm³/mol. The largest absolute Gasteiger partial charge is 0.480 e. The zero-order chi connectivity index (χ0) is 9.14. The molecule has 64 valence electrons. The van der Waals surface area contributed by atoms with Gasteiger partial charge in [-0.25, -0.2) is 0 Å². The number of anilines is 1. The highest BCUT2D eigenvalue weighted by molar-refractivity contribution is 5.75. The lowest BCUT2D eigenvalue weighted by atomic mass is 10.1. The van der Waals surface area contributed by atoms with Crippen LogP contribution in [0.1, 0.15) is 11.6 Å². The van der Waals surface area contributed by atoms with Crippen LogP contribution in [0.2, 0.25) is 0 Å². The molecule has 1 heterocycles. The third-order valence-corrected chi connectivity index (χ3v) is 1.41. The van der Waals surface area contributed by atoms with Crippen LogP contribution in [0.25, 0.3) is 0 Å². The second-order valence-corrected chi connectivity index (χ2v) is 2.37. The second-order valence-electron chi connectivity index (χ2n) is 2.37. The number of aromatic nitrogens is 1. The van der Waals surface area contributed by atoms with Gasteiger partial charge in [-0.2, -0.15) is 0 Å². The Labute approximate surface area is 69.0 Å². The van der Waals surface area contributed by atoms with Crippen LogP contribution in [-0.4, -0.2) is 16.1 Å². The molecule has 0 saturated carbocycles. The quantitative estimate of drug-likeness (QED) is 0.563. The van der Waals surface area contributed by atoms with Crippen molar-refractivity contribution in [2.24, 2.45) is 5.73 Å². The summed E-state index contributed by atoms with van der Waals surface area (Å²) in [6.45, 7) is 0. The van der Waals surface area contributed by atoms with Crippen LogP contribution in [-0.2, 0) is 4.79 Å². The van der Waals surface area contributed by atoms with Crippen LogP contribution in [0.4, 0.5) is 5.69 Å². The molecule has 0 radical (unpaired) electrons. The van der Waals surface area contributed by atoms with Gasteiger partial charge in [-0.3, -0.25) is 9.78 Å². The summed E-state index contributed by atoms with van der Waals surface area (Å²) in [5, 5.41) is 8.53. The first-order valence-corrected chi connectivity index (χ1v) is 3.30. The Hall–Kier alpha value is -1.62. The van der Waals surface area contributed by atoms with E-state index in [0.717, 1.165) is 0 Å². The zero-order valence-corrected chi connectivity index (χ0v) is 6.27. The van der Waals surface area contributed by atoms with Gasteiger partial charge in [0.15, 0.2) is 0 Å². The van der Waals surface area contributed by atoms with E-state index < -0.39 is 12.0 Å². The highest BCUT2D eigenvalue weighted by Gasteiger charge is 2.13. The highest BCUT2D eigenvalue weighted by Crippen LogP contribution is 2.11. The Morgan fingerprint density at radius 3 is 2.75 bits per heavy atom. The van der Waals surface area contributed by atoms with Crippen molar-refractivity contribution in [1.82, 2.24) is 4.98 Å². The second kappa shape index (κ2) is 3.19. The summed E-state index contributed by atoms with van der Waals surface area (Å²) in [6, 6.07) is 0.437. The van der Waals surface area contributed by atoms with E-state index in [-0.39, 0.29) is 0 Å². The van der Waals surface area contributed by atoms with Crippen molar-refractivity contribution < 1.29 is 9.90 Å². The monoisotopic (exact) mass is 167 g/mol. The molecule has 12 heavy (non-hydrogen) atoms. The standard InChI is InChI=1S/C7H9N3O2/c8-5-1-4(2-10-3-5)6(9)7(11)12/h1-3,6H,8-9H2,(H,11,12). The third-order valence-electron chi connectivity index (χ3n) is 1.41. The van der Waals surface area contributed by atoms with Gasteiger partial charge in [-0.05, 0) is 6.07 Å². The Balaban J connectivity index is 2.95. The van der Waals surface area contributed by atoms with Gasteiger partial charge in [-0.1, -0.05) is 0 Å². The van der Waals surface area contributed by atoms with E-state index >= 15 is 0 Å². The van der Waals surface area contributed by atoms with Gasteiger partial charge in [0.25, 0.3) is 0 Å². The van der Waals surface area contributed by atoms with Gasteiger partial charge < -0.3 is 16.6 Å². The summed E-state index contributed by atoms with van der Waals surface area (Å²) < 4.78 is 0. The fourth-order valence-electron chi connectivity index (χ4n) is 0.789.